The largest absolute Gasteiger partial charge is 0.496 e. The zero-order valence-electron chi connectivity index (χ0n) is 17.4. The maximum absolute atomic E-state index is 10.6. The van der Waals surface area contributed by atoms with E-state index in [0.29, 0.717) is 5.75 Å². The van der Waals surface area contributed by atoms with Gasteiger partial charge in [0.25, 0.3) is 0 Å². The Morgan fingerprint density at radius 3 is 2.74 bits per heavy atom. The van der Waals surface area contributed by atoms with Gasteiger partial charge in [0.1, 0.15) is 17.7 Å². The van der Waals surface area contributed by atoms with Crippen molar-refractivity contribution in [2.75, 3.05) is 7.11 Å². The summed E-state index contributed by atoms with van der Waals surface area (Å²) < 4.78 is 39.9. The topological polar surface area (TPSA) is 130 Å². The van der Waals surface area contributed by atoms with Crippen LogP contribution in [0.3, 0.4) is 0 Å². The summed E-state index contributed by atoms with van der Waals surface area (Å²) in [4.78, 5) is 20.6. The Balaban J connectivity index is 0.000000406. The fraction of sp³-hybridized carbons (Fsp3) is 0.190. The van der Waals surface area contributed by atoms with Crippen molar-refractivity contribution in [2.24, 2.45) is 0 Å². The lowest BCUT2D eigenvalue weighted by Gasteiger charge is -2.18. The summed E-state index contributed by atoms with van der Waals surface area (Å²) in [6, 6.07) is 9.65. The average molecular weight is 537 g/mol. The van der Waals surface area contributed by atoms with Crippen molar-refractivity contribution in [3.63, 3.8) is 0 Å². The SMILES string of the molecule is COc1ccc(Br)cc1C(CC#N)n1cc(-c2ncnc3[nH]ccc23)cn1.O=C(O)C(F)(F)F. The molecule has 1 unspecified atom stereocenters. The number of aromatic amines is 1. The van der Waals surface area contributed by atoms with Gasteiger partial charge >= 0.3 is 12.1 Å². The van der Waals surface area contributed by atoms with E-state index in [1.54, 1.807) is 18.0 Å². The highest BCUT2D eigenvalue weighted by atomic mass is 79.9. The Kier molecular flexibility index (Phi) is 7.52. The van der Waals surface area contributed by atoms with Gasteiger partial charge in [-0.05, 0) is 24.3 Å². The molecule has 0 aliphatic heterocycles. The van der Waals surface area contributed by atoms with E-state index < -0.39 is 12.1 Å². The minimum atomic E-state index is -5.08. The molecule has 0 bridgehead atoms. The molecule has 0 spiro atoms. The molecule has 4 aromatic rings. The van der Waals surface area contributed by atoms with E-state index in [1.165, 1.54) is 6.33 Å². The summed E-state index contributed by atoms with van der Waals surface area (Å²) >= 11 is 3.49. The van der Waals surface area contributed by atoms with Gasteiger partial charge in [0.15, 0.2) is 0 Å². The fourth-order valence-electron chi connectivity index (χ4n) is 3.13. The van der Waals surface area contributed by atoms with Crippen molar-refractivity contribution in [3.8, 4) is 23.1 Å². The lowest BCUT2D eigenvalue weighted by molar-refractivity contribution is -0.192. The van der Waals surface area contributed by atoms with Crippen LogP contribution in [0.4, 0.5) is 13.2 Å². The van der Waals surface area contributed by atoms with Crippen LogP contribution in [0.2, 0.25) is 0 Å². The Labute approximate surface area is 199 Å². The molecule has 0 saturated carbocycles. The number of nitriles is 1. The smallest absolute Gasteiger partial charge is 0.490 e. The first-order chi connectivity index (χ1) is 16.2. The first-order valence-corrected chi connectivity index (χ1v) is 10.3. The fourth-order valence-corrected chi connectivity index (χ4v) is 3.51. The highest BCUT2D eigenvalue weighted by molar-refractivity contribution is 9.10. The van der Waals surface area contributed by atoms with E-state index in [4.69, 9.17) is 14.6 Å². The molecule has 0 amide bonds. The van der Waals surface area contributed by atoms with Crippen LogP contribution in [0.25, 0.3) is 22.3 Å². The molecule has 1 aromatic carbocycles. The minimum Gasteiger partial charge on any atom is -0.496 e. The van der Waals surface area contributed by atoms with Crippen molar-refractivity contribution in [3.05, 3.63) is 59.2 Å². The Morgan fingerprint density at radius 2 is 2.09 bits per heavy atom. The van der Waals surface area contributed by atoms with Crippen molar-refractivity contribution >= 4 is 32.9 Å². The number of nitrogens with one attached hydrogen (secondary N) is 1. The summed E-state index contributed by atoms with van der Waals surface area (Å²) in [7, 11) is 1.62. The van der Waals surface area contributed by atoms with E-state index in [-0.39, 0.29) is 12.5 Å². The number of hydrogen-bond acceptors (Lipinski definition) is 6. The van der Waals surface area contributed by atoms with E-state index >= 15 is 0 Å². The number of methoxy groups -OCH3 is 1. The van der Waals surface area contributed by atoms with E-state index in [1.807, 2.05) is 36.7 Å². The van der Waals surface area contributed by atoms with Crippen LogP contribution in [0.15, 0.2) is 53.7 Å². The van der Waals surface area contributed by atoms with Gasteiger partial charge in [0.2, 0.25) is 0 Å². The second-order valence-corrected chi connectivity index (χ2v) is 7.65. The van der Waals surface area contributed by atoms with Crippen LogP contribution >= 0.6 is 15.9 Å². The molecule has 0 fully saturated rings. The molecule has 2 N–H and O–H groups in total. The van der Waals surface area contributed by atoms with Gasteiger partial charge in [0, 0.05) is 33.4 Å². The summed E-state index contributed by atoms with van der Waals surface area (Å²) in [5, 5.41) is 21.9. The summed E-state index contributed by atoms with van der Waals surface area (Å²) in [5.41, 5.74) is 3.32. The van der Waals surface area contributed by atoms with Crippen molar-refractivity contribution in [2.45, 2.75) is 18.6 Å². The average Bonchev–Trinajstić information content (AvgIpc) is 3.47. The number of carboxylic acid groups (broad SMARTS) is 1. The molecule has 0 saturated heterocycles. The zero-order valence-corrected chi connectivity index (χ0v) is 19.0. The van der Waals surface area contributed by atoms with Crippen LogP contribution in [-0.4, -0.2) is 49.1 Å². The molecular formula is C21H16BrF3N6O3. The van der Waals surface area contributed by atoms with Gasteiger partial charge in [0.05, 0.1) is 37.5 Å². The number of rotatable bonds is 5. The normalized spacial score (nSPS) is 11.9. The highest BCUT2D eigenvalue weighted by Crippen LogP contribution is 2.34. The van der Waals surface area contributed by atoms with Crippen LogP contribution in [-0.2, 0) is 4.79 Å². The monoisotopic (exact) mass is 536 g/mol. The van der Waals surface area contributed by atoms with Gasteiger partial charge in [-0.3, -0.25) is 4.68 Å². The molecule has 34 heavy (non-hydrogen) atoms. The van der Waals surface area contributed by atoms with E-state index in [9.17, 15) is 18.4 Å². The number of ether oxygens (including phenoxy) is 1. The number of halogens is 4. The van der Waals surface area contributed by atoms with Crippen LogP contribution < -0.4 is 4.74 Å². The first-order valence-electron chi connectivity index (χ1n) is 9.48. The zero-order chi connectivity index (χ0) is 24.9. The lowest BCUT2D eigenvalue weighted by Crippen LogP contribution is -2.21. The molecule has 3 aromatic heterocycles. The van der Waals surface area contributed by atoms with Gasteiger partial charge in [-0.15, -0.1) is 0 Å². The molecule has 0 aliphatic rings. The number of hydrogen-bond donors (Lipinski definition) is 2. The molecule has 1 atom stereocenters. The minimum absolute atomic E-state index is 0.261. The third-order valence-corrected chi connectivity index (χ3v) is 5.12. The second-order valence-electron chi connectivity index (χ2n) is 6.74. The Morgan fingerprint density at radius 1 is 1.35 bits per heavy atom. The van der Waals surface area contributed by atoms with Gasteiger partial charge in [-0.25, -0.2) is 14.8 Å². The maximum Gasteiger partial charge on any atom is 0.490 e. The number of H-pyrrole nitrogens is 1. The number of aliphatic carboxylic acids is 1. The number of benzene rings is 1. The molecule has 3 heterocycles. The summed E-state index contributed by atoms with van der Waals surface area (Å²) in [6.45, 7) is 0. The van der Waals surface area contributed by atoms with E-state index in [0.717, 1.165) is 32.3 Å². The highest BCUT2D eigenvalue weighted by Gasteiger charge is 2.38. The first kappa shape index (κ1) is 24.7. The molecule has 9 nitrogen and oxygen atoms in total. The molecular weight excluding hydrogens is 521 g/mol. The number of fused-ring (bicyclic) bond motifs is 1. The van der Waals surface area contributed by atoms with Crippen molar-refractivity contribution < 1.29 is 27.8 Å². The van der Waals surface area contributed by atoms with Crippen LogP contribution in [0, 0.1) is 11.3 Å². The van der Waals surface area contributed by atoms with Crippen LogP contribution in [0.1, 0.15) is 18.0 Å². The number of nitrogens with zero attached hydrogens (tertiary/aromatic N) is 5. The van der Waals surface area contributed by atoms with Crippen molar-refractivity contribution in [1.29, 1.82) is 5.26 Å². The standard InChI is InChI=1S/C19H15BrN6O.C2HF3O2/c1-27-17-3-2-13(20)8-15(17)16(4-6-21)26-10-12(9-25-26)18-14-5-7-22-19(14)24-11-23-18;3-2(4,5)1(6)7/h2-3,5,7-11,16H,4H2,1H3,(H,22,23,24);(H,6,7). The number of alkyl halides is 3. The van der Waals surface area contributed by atoms with Gasteiger partial charge in [-0.2, -0.15) is 23.5 Å². The summed E-state index contributed by atoms with van der Waals surface area (Å²) in [5.74, 6) is -2.04. The quantitative estimate of drug-likeness (QED) is 0.377. The third kappa shape index (κ3) is 5.52. The summed E-state index contributed by atoms with van der Waals surface area (Å²) in [6.07, 6.45) is 2.19. The predicted octanol–water partition coefficient (Wildman–Crippen LogP) is 4.73. The van der Waals surface area contributed by atoms with Gasteiger partial charge < -0.3 is 14.8 Å². The van der Waals surface area contributed by atoms with E-state index in [2.05, 4.69) is 42.0 Å². The molecule has 176 valence electrons. The molecule has 13 heteroatoms. The molecule has 4 rings (SSSR count). The second kappa shape index (κ2) is 10.3. The van der Waals surface area contributed by atoms with Gasteiger partial charge in [-0.1, -0.05) is 15.9 Å². The number of carbonyl (C=O) groups is 1. The lowest BCUT2D eigenvalue weighted by atomic mass is 10.0. The maximum atomic E-state index is 10.6. The number of aromatic nitrogens is 5. The van der Waals surface area contributed by atoms with Crippen molar-refractivity contribution in [1.82, 2.24) is 24.7 Å². The Hall–Kier alpha value is -3.92. The molecule has 0 radical (unpaired) electrons. The Bertz CT molecular complexity index is 1350. The van der Waals surface area contributed by atoms with Crippen LogP contribution in [0.5, 0.6) is 5.75 Å². The third-order valence-electron chi connectivity index (χ3n) is 4.63. The molecule has 0 aliphatic carbocycles. The number of carboxylic acids is 1. The predicted molar refractivity (Wildman–Crippen MR) is 118 cm³/mol.